The Morgan fingerprint density at radius 2 is 2.15 bits per heavy atom. The fourth-order valence-corrected chi connectivity index (χ4v) is 2.92. The van der Waals surface area contributed by atoms with Crippen LogP contribution in [0.15, 0.2) is 24.3 Å². The summed E-state index contributed by atoms with van der Waals surface area (Å²) in [6, 6.07) is 6.72. The second kappa shape index (κ2) is 7.36. The van der Waals surface area contributed by atoms with Gasteiger partial charge in [0, 0.05) is 24.2 Å². The monoisotopic (exact) mass is 369 g/mol. The average molecular weight is 369 g/mol. The van der Waals surface area contributed by atoms with Crippen LogP contribution in [0, 0.1) is 0 Å². The number of methoxy groups -OCH3 is 1. The highest BCUT2D eigenvalue weighted by Crippen LogP contribution is 2.34. The minimum Gasteiger partial charge on any atom is -0.496 e. The smallest absolute Gasteiger partial charge is 0.435 e. The van der Waals surface area contributed by atoms with Crippen molar-refractivity contribution in [2.75, 3.05) is 20.3 Å². The Bertz CT molecular complexity index is 802. The van der Waals surface area contributed by atoms with E-state index in [2.05, 4.69) is 10.4 Å². The molecule has 2 aromatic rings. The highest BCUT2D eigenvalue weighted by atomic mass is 19.4. The van der Waals surface area contributed by atoms with Crippen molar-refractivity contribution in [2.24, 2.45) is 0 Å². The normalized spacial score (nSPS) is 14.0. The number of carbonyl (C=O) groups excluding carboxylic acids is 1. The minimum absolute atomic E-state index is 0.0832. The third-order valence-corrected chi connectivity index (χ3v) is 4.13. The number of alkyl halides is 3. The van der Waals surface area contributed by atoms with Gasteiger partial charge in [0.25, 0.3) is 5.91 Å². The fraction of sp³-hybridized carbons (Fsp3) is 0.412. The van der Waals surface area contributed by atoms with E-state index in [0.29, 0.717) is 30.0 Å². The van der Waals surface area contributed by atoms with E-state index < -0.39 is 11.9 Å². The molecular weight excluding hydrogens is 351 g/mol. The molecule has 0 aliphatic carbocycles. The second-order valence-corrected chi connectivity index (χ2v) is 5.75. The van der Waals surface area contributed by atoms with Crippen LogP contribution in [0.1, 0.15) is 27.3 Å². The number of ether oxygens (including phenoxy) is 2. The number of para-hydroxylation sites is 1. The standard InChI is InChI=1S/C17H18F3N3O3/c1-25-14-5-3-2-4-11(14)16(24)21-7-8-23-13-6-9-26-10-12(13)15(22-23)17(18,19)20/h2-5H,6-10H2,1H3,(H,21,24). The molecule has 0 fully saturated rings. The van der Waals surface area contributed by atoms with Gasteiger partial charge in [0.15, 0.2) is 5.69 Å². The number of nitrogens with zero attached hydrogens (tertiary/aromatic N) is 2. The molecule has 140 valence electrons. The van der Waals surface area contributed by atoms with Crippen LogP contribution in [0.4, 0.5) is 13.2 Å². The maximum absolute atomic E-state index is 13.1. The number of hydrogen-bond donors (Lipinski definition) is 1. The lowest BCUT2D eigenvalue weighted by atomic mass is 10.1. The summed E-state index contributed by atoms with van der Waals surface area (Å²) in [6.45, 7) is 0.532. The molecule has 0 saturated heterocycles. The zero-order chi connectivity index (χ0) is 18.7. The third-order valence-electron chi connectivity index (χ3n) is 4.13. The van der Waals surface area contributed by atoms with E-state index in [1.54, 1.807) is 24.3 Å². The van der Waals surface area contributed by atoms with Gasteiger partial charge in [0.05, 0.1) is 32.4 Å². The predicted octanol–water partition coefficient (Wildman–Crippen LogP) is 2.41. The number of hydrogen-bond acceptors (Lipinski definition) is 4. The number of nitrogens with one attached hydrogen (secondary N) is 1. The van der Waals surface area contributed by atoms with Crippen LogP contribution in [0.2, 0.25) is 0 Å². The lowest BCUT2D eigenvalue weighted by molar-refractivity contribution is -0.142. The Balaban J connectivity index is 1.70. The van der Waals surface area contributed by atoms with E-state index in [1.165, 1.54) is 11.8 Å². The second-order valence-electron chi connectivity index (χ2n) is 5.75. The summed E-state index contributed by atoms with van der Waals surface area (Å²) in [4.78, 5) is 12.2. The van der Waals surface area contributed by atoms with Gasteiger partial charge >= 0.3 is 6.18 Å². The van der Waals surface area contributed by atoms with Gasteiger partial charge in [0.2, 0.25) is 0 Å². The average Bonchev–Trinajstić information content (AvgIpc) is 3.01. The van der Waals surface area contributed by atoms with Gasteiger partial charge in [-0.3, -0.25) is 9.48 Å². The summed E-state index contributed by atoms with van der Waals surface area (Å²) in [6.07, 6.45) is -4.17. The van der Waals surface area contributed by atoms with E-state index in [-0.39, 0.29) is 31.2 Å². The summed E-state index contributed by atoms with van der Waals surface area (Å²) in [5.74, 6) is 0.0702. The minimum atomic E-state index is -4.53. The van der Waals surface area contributed by atoms with Gasteiger partial charge in [-0.05, 0) is 12.1 Å². The van der Waals surface area contributed by atoms with Crippen molar-refractivity contribution in [1.29, 1.82) is 0 Å². The third kappa shape index (κ3) is 3.67. The first kappa shape index (κ1) is 18.2. The Hall–Kier alpha value is -2.55. The maximum atomic E-state index is 13.1. The van der Waals surface area contributed by atoms with Crippen LogP contribution in [-0.2, 0) is 30.5 Å². The number of halogens is 3. The van der Waals surface area contributed by atoms with E-state index in [0.717, 1.165) is 0 Å². The zero-order valence-corrected chi connectivity index (χ0v) is 14.1. The topological polar surface area (TPSA) is 65.4 Å². The largest absolute Gasteiger partial charge is 0.496 e. The highest BCUT2D eigenvalue weighted by molar-refractivity contribution is 5.96. The lowest BCUT2D eigenvalue weighted by Crippen LogP contribution is -2.28. The predicted molar refractivity (Wildman–Crippen MR) is 85.9 cm³/mol. The molecule has 1 amide bonds. The van der Waals surface area contributed by atoms with Gasteiger partial charge in [-0.15, -0.1) is 0 Å². The van der Waals surface area contributed by atoms with E-state index in [4.69, 9.17) is 9.47 Å². The van der Waals surface area contributed by atoms with Gasteiger partial charge in [0.1, 0.15) is 5.75 Å². The van der Waals surface area contributed by atoms with Crippen LogP contribution >= 0.6 is 0 Å². The molecule has 0 spiro atoms. The molecule has 1 aromatic heterocycles. The maximum Gasteiger partial charge on any atom is 0.435 e. The SMILES string of the molecule is COc1ccccc1C(=O)NCCn1nc(C(F)(F)F)c2c1CCOC2. The zero-order valence-electron chi connectivity index (χ0n) is 14.1. The van der Waals surface area contributed by atoms with Gasteiger partial charge in [-0.25, -0.2) is 0 Å². The van der Waals surface area contributed by atoms with Gasteiger partial charge in [-0.1, -0.05) is 12.1 Å². The summed E-state index contributed by atoms with van der Waals surface area (Å²) in [5.41, 5.74) is 0.0417. The summed E-state index contributed by atoms with van der Waals surface area (Å²) in [5, 5.41) is 6.39. The van der Waals surface area contributed by atoms with E-state index in [1.807, 2.05) is 0 Å². The number of rotatable bonds is 5. The molecule has 6 nitrogen and oxygen atoms in total. The number of fused-ring (bicyclic) bond motifs is 1. The molecule has 0 atom stereocenters. The Labute approximate surface area is 147 Å². The molecule has 2 heterocycles. The summed E-state index contributed by atoms with van der Waals surface area (Å²) < 4.78 is 51.0. The van der Waals surface area contributed by atoms with Crippen molar-refractivity contribution < 1.29 is 27.4 Å². The quantitative estimate of drug-likeness (QED) is 0.879. The van der Waals surface area contributed by atoms with E-state index >= 15 is 0 Å². The molecular formula is C17H18F3N3O3. The Morgan fingerprint density at radius 1 is 1.38 bits per heavy atom. The Morgan fingerprint density at radius 3 is 2.88 bits per heavy atom. The van der Waals surface area contributed by atoms with Crippen LogP contribution in [0.5, 0.6) is 5.75 Å². The van der Waals surface area contributed by atoms with Gasteiger partial charge in [-0.2, -0.15) is 18.3 Å². The fourth-order valence-electron chi connectivity index (χ4n) is 2.92. The number of carbonyl (C=O) groups is 1. The summed E-state index contributed by atoms with van der Waals surface area (Å²) >= 11 is 0. The molecule has 0 unspecified atom stereocenters. The molecule has 1 aromatic carbocycles. The first-order valence-electron chi connectivity index (χ1n) is 8.06. The van der Waals surface area contributed by atoms with Crippen molar-refractivity contribution in [3.63, 3.8) is 0 Å². The summed E-state index contributed by atoms with van der Waals surface area (Å²) in [7, 11) is 1.46. The highest BCUT2D eigenvalue weighted by Gasteiger charge is 2.39. The van der Waals surface area contributed by atoms with Crippen molar-refractivity contribution >= 4 is 5.91 Å². The van der Waals surface area contributed by atoms with Crippen LogP contribution in [-0.4, -0.2) is 35.9 Å². The Kier molecular flexibility index (Phi) is 5.17. The number of aromatic nitrogens is 2. The van der Waals surface area contributed by atoms with Crippen molar-refractivity contribution in [3.05, 3.63) is 46.8 Å². The molecule has 26 heavy (non-hydrogen) atoms. The van der Waals surface area contributed by atoms with Crippen molar-refractivity contribution in [2.45, 2.75) is 25.7 Å². The van der Waals surface area contributed by atoms with Crippen molar-refractivity contribution in [3.8, 4) is 5.75 Å². The molecule has 1 N–H and O–H groups in total. The molecule has 0 saturated carbocycles. The van der Waals surface area contributed by atoms with E-state index in [9.17, 15) is 18.0 Å². The molecule has 1 aliphatic heterocycles. The molecule has 0 bridgehead atoms. The first-order chi connectivity index (χ1) is 12.4. The molecule has 0 radical (unpaired) electrons. The number of amides is 1. The van der Waals surface area contributed by atoms with Crippen LogP contribution in [0.25, 0.3) is 0 Å². The van der Waals surface area contributed by atoms with Crippen LogP contribution < -0.4 is 10.1 Å². The van der Waals surface area contributed by atoms with Crippen molar-refractivity contribution in [1.82, 2.24) is 15.1 Å². The molecule has 3 rings (SSSR count). The van der Waals surface area contributed by atoms with Crippen LogP contribution in [0.3, 0.4) is 0 Å². The molecule has 1 aliphatic rings. The molecule has 9 heteroatoms. The number of benzene rings is 1. The van der Waals surface area contributed by atoms with Gasteiger partial charge < -0.3 is 14.8 Å². The lowest BCUT2D eigenvalue weighted by Gasteiger charge is -2.15. The first-order valence-corrected chi connectivity index (χ1v) is 8.06.